The van der Waals surface area contributed by atoms with E-state index in [-0.39, 0.29) is 29.7 Å². The molecule has 4 saturated carbocycles. The van der Waals surface area contributed by atoms with Crippen LogP contribution < -0.4 is 16.4 Å². The van der Waals surface area contributed by atoms with Gasteiger partial charge in [-0.05, 0) is 79.9 Å². The summed E-state index contributed by atoms with van der Waals surface area (Å²) in [6.07, 6.45) is 7.58. The van der Waals surface area contributed by atoms with Crippen LogP contribution in [0, 0.1) is 17.3 Å². The van der Waals surface area contributed by atoms with Crippen molar-refractivity contribution in [3.05, 3.63) is 34.9 Å². The molecule has 174 valence electrons. The summed E-state index contributed by atoms with van der Waals surface area (Å²) >= 11 is 0. The quantitative estimate of drug-likeness (QED) is 0.584. The minimum atomic E-state index is -0.934. The standard InChI is InChI=1S/C25H30N4O4/c26-25-9-15-5-16(10-25)8-24(7-15,12-25)13-27-11-14-1-2-17-18(6-14)23(33)29(22(17)32)19-3-4-20(30)28-21(19)31/h1-2,6,15-16,19,27H,3-5,7-13,26H2,(H,28,30,31). The van der Waals surface area contributed by atoms with E-state index in [0.717, 1.165) is 35.3 Å². The molecule has 3 unspecified atom stereocenters. The van der Waals surface area contributed by atoms with Crippen LogP contribution in [-0.4, -0.2) is 46.7 Å². The molecule has 5 fully saturated rings. The average Bonchev–Trinajstić information content (AvgIpc) is 2.96. The molecule has 6 aliphatic rings. The summed E-state index contributed by atoms with van der Waals surface area (Å²) in [6.45, 7) is 1.53. The average molecular weight is 451 g/mol. The zero-order chi connectivity index (χ0) is 23.0. The number of hydrogen-bond donors (Lipinski definition) is 3. The summed E-state index contributed by atoms with van der Waals surface area (Å²) < 4.78 is 0. The Kier molecular flexibility index (Phi) is 4.58. The zero-order valence-electron chi connectivity index (χ0n) is 18.7. The van der Waals surface area contributed by atoms with E-state index in [0.29, 0.717) is 17.7 Å². The van der Waals surface area contributed by atoms with Gasteiger partial charge in [0, 0.05) is 25.0 Å². The third-order valence-electron chi connectivity index (χ3n) is 8.56. The number of carbonyl (C=O) groups excluding carboxylic acids is 4. The number of carbonyl (C=O) groups is 4. The summed E-state index contributed by atoms with van der Waals surface area (Å²) in [5.41, 5.74) is 8.61. The highest BCUT2D eigenvalue weighted by molar-refractivity contribution is 6.23. The Balaban J connectivity index is 1.14. The third-order valence-corrected chi connectivity index (χ3v) is 8.56. The molecular weight excluding hydrogens is 420 g/mol. The van der Waals surface area contributed by atoms with Crippen molar-refractivity contribution in [1.82, 2.24) is 15.5 Å². The van der Waals surface area contributed by atoms with E-state index >= 15 is 0 Å². The summed E-state index contributed by atoms with van der Waals surface area (Å²) in [4.78, 5) is 50.6. The van der Waals surface area contributed by atoms with Crippen LogP contribution in [0.4, 0.5) is 0 Å². The van der Waals surface area contributed by atoms with Crippen molar-refractivity contribution in [2.45, 2.75) is 69.5 Å². The second-order valence-corrected chi connectivity index (χ2v) is 11.3. The van der Waals surface area contributed by atoms with Crippen molar-refractivity contribution in [2.24, 2.45) is 23.0 Å². The first-order chi connectivity index (χ1) is 15.7. The van der Waals surface area contributed by atoms with Gasteiger partial charge in [0.1, 0.15) is 6.04 Å². The number of nitrogens with zero attached hydrogens (tertiary/aromatic N) is 1. The third kappa shape index (κ3) is 3.42. The van der Waals surface area contributed by atoms with Crippen molar-refractivity contribution >= 4 is 23.6 Å². The van der Waals surface area contributed by atoms with Gasteiger partial charge in [-0.3, -0.25) is 29.4 Å². The molecule has 2 aliphatic heterocycles. The normalized spacial score (nSPS) is 37.0. The lowest BCUT2D eigenvalue weighted by Gasteiger charge is -2.61. The number of amides is 4. The Hall–Kier alpha value is -2.58. The topological polar surface area (TPSA) is 122 Å². The Labute approximate surface area is 192 Å². The maximum absolute atomic E-state index is 13.0. The number of nitrogens with one attached hydrogen (secondary N) is 2. The van der Waals surface area contributed by atoms with E-state index in [9.17, 15) is 19.2 Å². The van der Waals surface area contributed by atoms with E-state index in [4.69, 9.17) is 5.73 Å². The van der Waals surface area contributed by atoms with Crippen molar-refractivity contribution in [2.75, 3.05) is 6.54 Å². The van der Waals surface area contributed by atoms with Gasteiger partial charge in [-0.15, -0.1) is 0 Å². The predicted octanol–water partition coefficient (Wildman–Crippen LogP) is 1.48. The summed E-state index contributed by atoms with van der Waals surface area (Å²) in [5, 5.41) is 5.84. The first-order valence-electron chi connectivity index (χ1n) is 12.1. The molecule has 0 spiro atoms. The largest absolute Gasteiger partial charge is 0.325 e. The number of imide groups is 2. The van der Waals surface area contributed by atoms with Crippen LogP contribution in [0.1, 0.15) is 77.6 Å². The number of rotatable bonds is 5. The Morgan fingerprint density at radius 1 is 1.03 bits per heavy atom. The molecule has 8 heteroatoms. The number of fused-ring (bicyclic) bond motifs is 1. The van der Waals surface area contributed by atoms with Crippen LogP contribution in [0.2, 0.25) is 0 Å². The Bertz CT molecular complexity index is 1070. The van der Waals surface area contributed by atoms with Gasteiger partial charge in [-0.1, -0.05) is 6.07 Å². The molecule has 33 heavy (non-hydrogen) atoms. The fraction of sp³-hybridized carbons (Fsp3) is 0.600. The second kappa shape index (κ2) is 7.21. The minimum Gasteiger partial charge on any atom is -0.325 e. The lowest BCUT2D eigenvalue weighted by Crippen LogP contribution is -2.62. The van der Waals surface area contributed by atoms with Crippen LogP contribution in [0.15, 0.2) is 18.2 Å². The summed E-state index contributed by atoms with van der Waals surface area (Å²) in [7, 11) is 0. The molecule has 4 bridgehead atoms. The molecule has 4 N–H and O–H groups in total. The molecule has 8 nitrogen and oxygen atoms in total. The number of hydrogen-bond acceptors (Lipinski definition) is 6. The molecule has 0 radical (unpaired) electrons. The number of benzene rings is 1. The lowest BCUT2D eigenvalue weighted by molar-refractivity contribution is -0.136. The van der Waals surface area contributed by atoms with E-state index in [1.165, 1.54) is 32.1 Å². The smallest absolute Gasteiger partial charge is 0.262 e. The highest BCUT2D eigenvalue weighted by Gasteiger charge is 2.55. The van der Waals surface area contributed by atoms with Crippen LogP contribution in [-0.2, 0) is 16.1 Å². The molecular formula is C25H30N4O4. The molecule has 2 heterocycles. The molecule has 4 amide bonds. The minimum absolute atomic E-state index is 0.0194. The van der Waals surface area contributed by atoms with Gasteiger partial charge in [-0.25, -0.2) is 0 Å². The van der Waals surface area contributed by atoms with Gasteiger partial charge < -0.3 is 11.1 Å². The highest BCUT2D eigenvalue weighted by atomic mass is 16.2. The Morgan fingerprint density at radius 2 is 1.76 bits per heavy atom. The second-order valence-electron chi connectivity index (χ2n) is 11.3. The molecule has 1 aromatic carbocycles. The number of nitrogens with two attached hydrogens (primary N) is 1. The van der Waals surface area contributed by atoms with Crippen molar-refractivity contribution < 1.29 is 19.2 Å². The fourth-order valence-corrected chi connectivity index (χ4v) is 7.83. The molecule has 4 aliphatic carbocycles. The van der Waals surface area contributed by atoms with Crippen LogP contribution in [0.25, 0.3) is 0 Å². The van der Waals surface area contributed by atoms with Gasteiger partial charge in [0.2, 0.25) is 11.8 Å². The maximum atomic E-state index is 13.0. The Morgan fingerprint density at radius 3 is 2.45 bits per heavy atom. The van der Waals surface area contributed by atoms with E-state index in [2.05, 4.69) is 10.6 Å². The first kappa shape index (κ1) is 21.0. The van der Waals surface area contributed by atoms with E-state index in [1.54, 1.807) is 12.1 Å². The van der Waals surface area contributed by atoms with Gasteiger partial charge in [0.05, 0.1) is 11.1 Å². The summed E-state index contributed by atoms with van der Waals surface area (Å²) in [5.74, 6) is -0.361. The van der Waals surface area contributed by atoms with E-state index < -0.39 is 23.8 Å². The SMILES string of the molecule is NC12CC3CC(C1)CC(CNCc1ccc4c(c1)C(=O)N(C1CCC(=O)NC1=O)C4=O)(C3)C2. The van der Waals surface area contributed by atoms with Crippen LogP contribution in [0.3, 0.4) is 0 Å². The molecule has 1 aromatic rings. The van der Waals surface area contributed by atoms with Gasteiger partial charge in [0.25, 0.3) is 11.8 Å². The fourth-order valence-electron chi connectivity index (χ4n) is 7.83. The van der Waals surface area contributed by atoms with Crippen molar-refractivity contribution in [1.29, 1.82) is 0 Å². The molecule has 7 rings (SSSR count). The monoisotopic (exact) mass is 450 g/mol. The zero-order valence-corrected chi connectivity index (χ0v) is 18.7. The van der Waals surface area contributed by atoms with Crippen molar-refractivity contribution in [3.8, 4) is 0 Å². The van der Waals surface area contributed by atoms with Gasteiger partial charge >= 0.3 is 0 Å². The molecule has 3 atom stereocenters. The van der Waals surface area contributed by atoms with Gasteiger partial charge in [0.15, 0.2) is 0 Å². The van der Waals surface area contributed by atoms with Crippen LogP contribution in [0.5, 0.6) is 0 Å². The van der Waals surface area contributed by atoms with E-state index in [1.807, 2.05) is 6.07 Å². The molecule has 1 saturated heterocycles. The number of piperidine rings is 1. The maximum Gasteiger partial charge on any atom is 0.262 e. The summed E-state index contributed by atoms with van der Waals surface area (Å²) in [6, 6.07) is 4.38. The van der Waals surface area contributed by atoms with Crippen molar-refractivity contribution in [3.63, 3.8) is 0 Å². The van der Waals surface area contributed by atoms with Gasteiger partial charge in [-0.2, -0.15) is 0 Å². The predicted molar refractivity (Wildman–Crippen MR) is 119 cm³/mol. The highest BCUT2D eigenvalue weighted by Crippen LogP contribution is 2.60. The lowest BCUT2D eigenvalue weighted by atomic mass is 9.47. The molecule has 0 aromatic heterocycles. The van der Waals surface area contributed by atoms with Crippen LogP contribution >= 0.6 is 0 Å². The first-order valence-corrected chi connectivity index (χ1v) is 12.1.